The van der Waals surface area contributed by atoms with Crippen LogP contribution < -0.4 is 0 Å². The molecule has 114 valence electrons. The molecule has 1 aliphatic carbocycles. The van der Waals surface area contributed by atoms with Gasteiger partial charge in [0, 0.05) is 18.4 Å². The number of nitro groups is 1. The van der Waals surface area contributed by atoms with Crippen LogP contribution >= 0.6 is 0 Å². The van der Waals surface area contributed by atoms with Crippen LogP contribution in [0.1, 0.15) is 44.6 Å². The highest BCUT2D eigenvalue weighted by Crippen LogP contribution is 2.32. The number of nitrogens with zero attached hydrogens (tertiary/aromatic N) is 1. The van der Waals surface area contributed by atoms with Crippen LogP contribution in [0.3, 0.4) is 0 Å². The van der Waals surface area contributed by atoms with Gasteiger partial charge in [0.15, 0.2) is 0 Å². The van der Waals surface area contributed by atoms with E-state index in [1.54, 1.807) is 6.07 Å². The van der Waals surface area contributed by atoms with E-state index in [0.717, 1.165) is 25.7 Å². The van der Waals surface area contributed by atoms with E-state index in [2.05, 4.69) is 6.92 Å². The third kappa shape index (κ3) is 3.86. The van der Waals surface area contributed by atoms with Gasteiger partial charge in [-0.05, 0) is 36.8 Å². The van der Waals surface area contributed by atoms with Gasteiger partial charge < -0.3 is 0 Å². The first-order valence-electron chi connectivity index (χ1n) is 7.46. The van der Waals surface area contributed by atoms with Crippen LogP contribution in [-0.4, -0.2) is 10.7 Å². The lowest BCUT2D eigenvalue weighted by atomic mass is 9.76. The molecular formula is C16H20FNO3. The molecule has 2 unspecified atom stereocenters. The van der Waals surface area contributed by atoms with Crippen LogP contribution in [-0.2, 0) is 11.2 Å². The summed E-state index contributed by atoms with van der Waals surface area (Å²) in [5.41, 5.74) is 0.145. The third-order valence-electron chi connectivity index (χ3n) is 4.26. The predicted octanol–water partition coefficient (Wildman–Crippen LogP) is 4.06. The van der Waals surface area contributed by atoms with Crippen LogP contribution in [0.25, 0.3) is 0 Å². The van der Waals surface area contributed by atoms with Crippen molar-refractivity contribution in [2.24, 2.45) is 11.8 Å². The fraction of sp³-hybridized carbons (Fsp3) is 0.562. The van der Waals surface area contributed by atoms with Gasteiger partial charge in [0.05, 0.1) is 4.92 Å². The van der Waals surface area contributed by atoms with Crippen molar-refractivity contribution in [2.75, 3.05) is 0 Å². The lowest BCUT2D eigenvalue weighted by molar-refractivity contribution is -0.387. The first-order valence-corrected chi connectivity index (χ1v) is 7.46. The zero-order chi connectivity index (χ0) is 15.4. The minimum Gasteiger partial charge on any atom is -0.299 e. The molecule has 2 atom stereocenters. The maximum atomic E-state index is 13.6. The first kappa shape index (κ1) is 15.6. The van der Waals surface area contributed by atoms with Gasteiger partial charge in [-0.25, -0.2) is 0 Å². The van der Waals surface area contributed by atoms with Gasteiger partial charge in [0.2, 0.25) is 5.82 Å². The Morgan fingerprint density at radius 3 is 2.81 bits per heavy atom. The maximum Gasteiger partial charge on any atom is 0.304 e. The molecule has 0 aromatic heterocycles. The van der Waals surface area contributed by atoms with Gasteiger partial charge >= 0.3 is 5.69 Å². The Labute approximate surface area is 123 Å². The summed E-state index contributed by atoms with van der Waals surface area (Å²) >= 11 is 0. The SMILES string of the molecule is CCCC1CCC(=O)C(Cc2ccc([N+](=O)[O-])c(F)c2)C1. The Balaban J connectivity index is 2.07. The molecule has 5 heteroatoms. The molecule has 0 spiro atoms. The average Bonchev–Trinajstić information content (AvgIpc) is 2.42. The summed E-state index contributed by atoms with van der Waals surface area (Å²) in [6, 6.07) is 3.92. The number of nitro benzene ring substituents is 1. The molecule has 1 aromatic rings. The van der Waals surface area contributed by atoms with Crippen LogP contribution in [0.15, 0.2) is 18.2 Å². The van der Waals surface area contributed by atoms with Crippen molar-refractivity contribution in [3.05, 3.63) is 39.7 Å². The highest BCUT2D eigenvalue weighted by molar-refractivity contribution is 5.82. The van der Waals surface area contributed by atoms with Crippen molar-refractivity contribution in [1.82, 2.24) is 0 Å². The average molecular weight is 293 g/mol. The second-order valence-electron chi connectivity index (χ2n) is 5.84. The summed E-state index contributed by atoms with van der Waals surface area (Å²) in [7, 11) is 0. The monoisotopic (exact) mass is 293 g/mol. The Morgan fingerprint density at radius 2 is 2.19 bits per heavy atom. The summed E-state index contributed by atoms with van der Waals surface area (Å²) in [5, 5.41) is 10.6. The van der Waals surface area contributed by atoms with Crippen molar-refractivity contribution in [1.29, 1.82) is 0 Å². The summed E-state index contributed by atoms with van der Waals surface area (Å²) in [6.07, 6.45) is 5.12. The molecule has 1 saturated carbocycles. The first-order chi connectivity index (χ1) is 10.0. The molecule has 0 N–H and O–H groups in total. The molecule has 1 aromatic carbocycles. The van der Waals surface area contributed by atoms with Crippen LogP contribution in [0.5, 0.6) is 0 Å². The molecule has 1 aliphatic rings. The van der Waals surface area contributed by atoms with Crippen molar-refractivity contribution >= 4 is 11.5 Å². The van der Waals surface area contributed by atoms with Gasteiger partial charge in [-0.3, -0.25) is 14.9 Å². The summed E-state index contributed by atoms with van der Waals surface area (Å²) in [6.45, 7) is 2.14. The number of halogens is 1. The highest BCUT2D eigenvalue weighted by Gasteiger charge is 2.28. The fourth-order valence-electron chi connectivity index (χ4n) is 3.18. The van der Waals surface area contributed by atoms with E-state index < -0.39 is 16.4 Å². The highest BCUT2D eigenvalue weighted by atomic mass is 19.1. The van der Waals surface area contributed by atoms with E-state index in [1.807, 2.05) is 0 Å². The zero-order valence-corrected chi connectivity index (χ0v) is 12.2. The zero-order valence-electron chi connectivity index (χ0n) is 12.2. The number of rotatable bonds is 5. The van der Waals surface area contributed by atoms with E-state index in [1.165, 1.54) is 12.1 Å². The van der Waals surface area contributed by atoms with Gasteiger partial charge in [-0.15, -0.1) is 0 Å². The third-order valence-corrected chi connectivity index (χ3v) is 4.26. The van der Waals surface area contributed by atoms with Crippen LogP contribution in [0, 0.1) is 27.8 Å². The van der Waals surface area contributed by atoms with Gasteiger partial charge in [-0.1, -0.05) is 25.8 Å². The van der Waals surface area contributed by atoms with E-state index >= 15 is 0 Å². The fourth-order valence-corrected chi connectivity index (χ4v) is 3.18. The van der Waals surface area contributed by atoms with E-state index in [4.69, 9.17) is 0 Å². The normalized spacial score (nSPS) is 22.3. The number of ketones is 1. The van der Waals surface area contributed by atoms with Crippen molar-refractivity contribution < 1.29 is 14.1 Å². The van der Waals surface area contributed by atoms with Crippen molar-refractivity contribution in [3.63, 3.8) is 0 Å². The quantitative estimate of drug-likeness (QED) is 0.607. The standard InChI is InChI=1S/C16H20FNO3/c1-2-3-11-5-7-16(19)13(8-11)9-12-4-6-15(18(20)21)14(17)10-12/h4,6,10-11,13H,2-3,5,7-9H2,1H3. The summed E-state index contributed by atoms with van der Waals surface area (Å²) < 4.78 is 13.6. The Kier molecular flexibility index (Phi) is 5.04. The lowest BCUT2D eigenvalue weighted by Crippen LogP contribution is -2.26. The van der Waals surface area contributed by atoms with E-state index in [-0.39, 0.29) is 11.7 Å². The Bertz CT molecular complexity index is 544. The molecule has 4 nitrogen and oxygen atoms in total. The number of Topliss-reactive ketones (excluding diaryl/α,β-unsaturated/α-hetero) is 1. The second-order valence-corrected chi connectivity index (χ2v) is 5.84. The molecule has 0 radical (unpaired) electrons. The number of benzene rings is 1. The summed E-state index contributed by atoms with van der Waals surface area (Å²) in [4.78, 5) is 21.9. The lowest BCUT2D eigenvalue weighted by Gasteiger charge is -2.28. The van der Waals surface area contributed by atoms with Crippen molar-refractivity contribution in [3.8, 4) is 0 Å². The molecule has 0 bridgehead atoms. The molecule has 1 fully saturated rings. The minimum atomic E-state index is -0.828. The van der Waals surface area contributed by atoms with E-state index in [9.17, 15) is 19.3 Å². The van der Waals surface area contributed by atoms with E-state index in [0.29, 0.717) is 24.3 Å². The number of hydrogen-bond donors (Lipinski definition) is 0. The maximum absolute atomic E-state index is 13.6. The second kappa shape index (κ2) is 6.78. The predicted molar refractivity (Wildman–Crippen MR) is 77.5 cm³/mol. The van der Waals surface area contributed by atoms with Crippen LogP contribution in [0.4, 0.5) is 10.1 Å². The molecular weight excluding hydrogens is 273 g/mol. The van der Waals surface area contributed by atoms with Crippen LogP contribution in [0.2, 0.25) is 0 Å². The Morgan fingerprint density at radius 1 is 1.43 bits per heavy atom. The molecule has 0 heterocycles. The molecule has 0 saturated heterocycles. The van der Waals surface area contributed by atoms with Gasteiger partial charge in [-0.2, -0.15) is 4.39 Å². The molecule has 0 amide bonds. The molecule has 0 aliphatic heterocycles. The molecule has 2 rings (SSSR count). The topological polar surface area (TPSA) is 60.2 Å². The largest absolute Gasteiger partial charge is 0.304 e. The van der Waals surface area contributed by atoms with Gasteiger partial charge in [0.25, 0.3) is 0 Å². The smallest absolute Gasteiger partial charge is 0.299 e. The number of carbonyl (C=O) groups is 1. The number of hydrogen-bond acceptors (Lipinski definition) is 3. The summed E-state index contributed by atoms with van der Waals surface area (Å²) in [5.74, 6) is -0.0938. The number of carbonyl (C=O) groups excluding carboxylic acids is 1. The van der Waals surface area contributed by atoms with Gasteiger partial charge in [0.1, 0.15) is 5.78 Å². The molecule has 21 heavy (non-hydrogen) atoms. The minimum absolute atomic E-state index is 0.0730. The Hall–Kier alpha value is -1.78. The van der Waals surface area contributed by atoms with Crippen molar-refractivity contribution in [2.45, 2.75) is 45.4 Å².